The first-order valence-corrected chi connectivity index (χ1v) is 5.99. The Kier molecular flexibility index (Phi) is 4.20. The molecule has 2 aromatic carbocycles. The fraction of sp³-hybridized carbons (Fsp3) is 0.0714. The van der Waals surface area contributed by atoms with Gasteiger partial charge in [-0.25, -0.2) is 8.78 Å². The van der Waals surface area contributed by atoms with Crippen molar-refractivity contribution in [2.75, 3.05) is 12.4 Å². The van der Waals surface area contributed by atoms with Crippen LogP contribution in [0, 0.1) is 11.6 Å². The molecule has 0 atom stereocenters. The predicted octanol–water partition coefficient (Wildman–Crippen LogP) is 3.88. The quantitative estimate of drug-likeness (QED) is 0.933. The van der Waals surface area contributed by atoms with Gasteiger partial charge in [-0.15, -0.1) is 0 Å². The maximum Gasteiger partial charge on any atom is 0.255 e. The highest BCUT2D eigenvalue weighted by Gasteiger charge is 2.10. The van der Waals surface area contributed by atoms with Crippen LogP contribution in [0.5, 0.6) is 5.75 Å². The molecule has 0 aliphatic carbocycles. The number of benzene rings is 2. The summed E-state index contributed by atoms with van der Waals surface area (Å²) in [5.41, 5.74) is 0.432. The van der Waals surface area contributed by atoms with E-state index in [1.165, 1.54) is 25.3 Å². The molecule has 2 aromatic rings. The van der Waals surface area contributed by atoms with E-state index in [1.807, 2.05) is 0 Å². The maximum atomic E-state index is 13.0. The predicted molar refractivity (Wildman–Crippen MR) is 72.3 cm³/mol. The Bertz CT molecular complexity index is 662. The summed E-state index contributed by atoms with van der Waals surface area (Å²) in [4.78, 5) is 11.9. The number of carbonyl (C=O) groups excluding carboxylic acids is 1. The van der Waals surface area contributed by atoms with Crippen LogP contribution < -0.4 is 10.1 Å². The Balaban J connectivity index is 2.19. The number of nitrogens with one attached hydrogen (secondary N) is 1. The van der Waals surface area contributed by atoms with Crippen molar-refractivity contribution >= 4 is 23.2 Å². The van der Waals surface area contributed by atoms with E-state index in [1.54, 1.807) is 6.07 Å². The van der Waals surface area contributed by atoms with Crippen molar-refractivity contribution in [1.82, 2.24) is 0 Å². The van der Waals surface area contributed by atoms with E-state index in [-0.39, 0.29) is 16.3 Å². The van der Waals surface area contributed by atoms with Gasteiger partial charge in [-0.1, -0.05) is 11.6 Å². The Hall–Kier alpha value is -2.14. The van der Waals surface area contributed by atoms with Crippen molar-refractivity contribution in [3.05, 3.63) is 58.6 Å². The molecule has 0 saturated heterocycles. The molecule has 20 heavy (non-hydrogen) atoms. The molecule has 0 unspecified atom stereocenters. The van der Waals surface area contributed by atoms with Crippen LogP contribution in [0.1, 0.15) is 10.4 Å². The van der Waals surface area contributed by atoms with Gasteiger partial charge in [-0.05, 0) is 30.3 Å². The smallest absolute Gasteiger partial charge is 0.255 e. The number of amides is 1. The second kappa shape index (κ2) is 5.88. The van der Waals surface area contributed by atoms with Gasteiger partial charge in [0.1, 0.15) is 5.75 Å². The van der Waals surface area contributed by atoms with Gasteiger partial charge in [0.15, 0.2) is 11.6 Å². The van der Waals surface area contributed by atoms with Crippen molar-refractivity contribution in [2.45, 2.75) is 0 Å². The zero-order valence-corrected chi connectivity index (χ0v) is 11.2. The summed E-state index contributed by atoms with van der Waals surface area (Å²) in [5, 5.41) is 2.73. The number of carbonyl (C=O) groups is 1. The van der Waals surface area contributed by atoms with Gasteiger partial charge in [0.2, 0.25) is 0 Å². The standard InChI is InChI=1S/C14H10ClF2NO2/c1-20-13-5-2-8(6-10(13)15)14(19)18-9-3-4-11(16)12(17)7-9/h2-7H,1H3,(H,18,19). The topological polar surface area (TPSA) is 38.3 Å². The van der Waals surface area contributed by atoms with Crippen molar-refractivity contribution in [2.24, 2.45) is 0 Å². The van der Waals surface area contributed by atoms with E-state index >= 15 is 0 Å². The third-order valence-corrected chi connectivity index (χ3v) is 2.89. The SMILES string of the molecule is COc1ccc(C(=O)Nc2ccc(F)c(F)c2)cc1Cl. The molecule has 2 rings (SSSR count). The minimum Gasteiger partial charge on any atom is -0.495 e. The van der Waals surface area contributed by atoms with Crippen LogP contribution in [0.25, 0.3) is 0 Å². The van der Waals surface area contributed by atoms with Crippen molar-refractivity contribution < 1.29 is 18.3 Å². The number of rotatable bonds is 3. The summed E-state index contributed by atoms with van der Waals surface area (Å²) in [6.07, 6.45) is 0. The Labute approximate surface area is 119 Å². The van der Waals surface area contributed by atoms with E-state index in [0.29, 0.717) is 5.75 Å². The molecule has 3 nitrogen and oxygen atoms in total. The summed E-state index contributed by atoms with van der Waals surface area (Å²) in [7, 11) is 1.46. The number of hydrogen-bond acceptors (Lipinski definition) is 2. The lowest BCUT2D eigenvalue weighted by molar-refractivity contribution is 0.102. The fourth-order valence-electron chi connectivity index (χ4n) is 1.58. The lowest BCUT2D eigenvalue weighted by Gasteiger charge is -2.08. The fourth-order valence-corrected chi connectivity index (χ4v) is 1.84. The monoisotopic (exact) mass is 297 g/mol. The van der Waals surface area contributed by atoms with Crippen LogP contribution in [-0.4, -0.2) is 13.0 Å². The van der Waals surface area contributed by atoms with Gasteiger partial charge < -0.3 is 10.1 Å². The molecule has 6 heteroatoms. The third-order valence-electron chi connectivity index (χ3n) is 2.59. The Morgan fingerprint density at radius 2 is 1.90 bits per heavy atom. The summed E-state index contributed by atoms with van der Waals surface area (Å²) >= 11 is 5.91. The molecular formula is C14H10ClF2NO2. The van der Waals surface area contributed by atoms with Crippen LogP contribution >= 0.6 is 11.6 Å². The Morgan fingerprint density at radius 3 is 2.50 bits per heavy atom. The third kappa shape index (κ3) is 3.05. The number of ether oxygens (including phenoxy) is 1. The maximum absolute atomic E-state index is 13.0. The van der Waals surface area contributed by atoms with E-state index in [2.05, 4.69) is 5.32 Å². The van der Waals surface area contributed by atoms with Crippen molar-refractivity contribution in [3.63, 3.8) is 0 Å². The molecule has 0 spiro atoms. The molecule has 0 bridgehead atoms. The van der Waals surface area contributed by atoms with Gasteiger partial charge in [0, 0.05) is 17.3 Å². The first-order valence-electron chi connectivity index (χ1n) is 5.61. The van der Waals surface area contributed by atoms with Gasteiger partial charge in [0.05, 0.1) is 12.1 Å². The van der Waals surface area contributed by atoms with Gasteiger partial charge in [0.25, 0.3) is 5.91 Å². The molecule has 0 radical (unpaired) electrons. The van der Waals surface area contributed by atoms with Gasteiger partial charge >= 0.3 is 0 Å². The molecular weight excluding hydrogens is 288 g/mol. The van der Waals surface area contributed by atoms with Crippen LogP contribution in [0.3, 0.4) is 0 Å². The summed E-state index contributed by atoms with van der Waals surface area (Å²) in [6, 6.07) is 7.59. The zero-order valence-electron chi connectivity index (χ0n) is 10.4. The number of halogens is 3. The van der Waals surface area contributed by atoms with Crippen molar-refractivity contribution in [1.29, 1.82) is 0 Å². The lowest BCUT2D eigenvalue weighted by atomic mass is 10.2. The second-order valence-electron chi connectivity index (χ2n) is 3.93. The second-order valence-corrected chi connectivity index (χ2v) is 4.34. The van der Waals surface area contributed by atoms with Crippen LogP contribution in [-0.2, 0) is 0 Å². The lowest BCUT2D eigenvalue weighted by Crippen LogP contribution is -2.12. The van der Waals surface area contributed by atoms with Crippen LogP contribution in [0.4, 0.5) is 14.5 Å². The molecule has 0 aliphatic rings. The minimum absolute atomic E-state index is 0.154. The molecule has 0 fully saturated rings. The number of methoxy groups -OCH3 is 1. The van der Waals surface area contributed by atoms with E-state index in [0.717, 1.165) is 12.1 Å². The zero-order chi connectivity index (χ0) is 14.7. The van der Waals surface area contributed by atoms with E-state index in [9.17, 15) is 13.6 Å². The number of hydrogen-bond donors (Lipinski definition) is 1. The summed E-state index contributed by atoms with van der Waals surface area (Å²) in [6.45, 7) is 0. The molecule has 1 amide bonds. The largest absolute Gasteiger partial charge is 0.495 e. The molecule has 1 N–H and O–H groups in total. The average Bonchev–Trinajstić information content (AvgIpc) is 2.42. The van der Waals surface area contributed by atoms with E-state index < -0.39 is 17.5 Å². The molecule has 0 heterocycles. The molecule has 0 aromatic heterocycles. The first-order chi connectivity index (χ1) is 9.51. The Morgan fingerprint density at radius 1 is 1.15 bits per heavy atom. The molecule has 0 saturated carbocycles. The summed E-state index contributed by atoms with van der Waals surface area (Å²) in [5.74, 6) is -2.05. The molecule has 104 valence electrons. The van der Waals surface area contributed by atoms with Crippen LogP contribution in [0.2, 0.25) is 5.02 Å². The first kappa shape index (κ1) is 14.3. The highest BCUT2D eigenvalue weighted by Crippen LogP contribution is 2.25. The highest BCUT2D eigenvalue weighted by atomic mass is 35.5. The van der Waals surface area contributed by atoms with Crippen LogP contribution in [0.15, 0.2) is 36.4 Å². The average molecular weight is 298 g/mol. The normalized spacial score (nSPS) is 10.2. The summed E-state index contributed by atoms with van der Waals surface area (Å²) < 4.78 is 30.8. The van der Waals surface area contributed by atoms with Gasteiger partial charge in [-0.2, -0.15) is 0 Å². The molecule has 0 aliphatic heterocycles. The van der Waals surface area contributed by atoms with Crippen molar-refractivity contribution in [3.8, 4) is 5.75 Å². The highest BCUT2D eigenvalue weighted by molar-refractivity contribution is 6.32. The number of anilines is 1. The van der Waals surface area contributed by atoms with E-state index in [4.69, 9.17) is 16.3 Å². The minimum atomic E-state index is -1.03. The van der Waals surface area contributed by atoms with Gasteiger partial charge in [-0.3, -0.25) is 4.79 Å².